The van der Waals surface area contributed by atoms with Crippen molar-refractivity contribution in [1.29, 1.82) is 5.26 Å². The van der Waals surface area contributed by atoms with E-state index in [0.29, 0.717) is 5.02 Å². The van der Waals surface area contributed by atoms with E-state index in [-0.39, 0.29) is 5.56 Å². The standard InChI is InChI=1S/C14H9ClFN/c1-9-6-10(2-4-13(9)15)11-3-5-14(16)12(7-11)8-17/h2-7H,1H3. The second-order valence-corrected chi connectivity index (χ2v) is 4.18. The molecule has 2 aromatic rings. The zero-order valence-electron chi connectivity index (χ0n) is 9.17. The van der Waals surface area contributed by atoms with Gasteiger partial charge in [-0.15, -0.1) is 0 Å². The molecule has 2 rings (SSSR count). The van der Waals surface area contributed by atoms with Crippen LogP contribution in [0.1, 0.15) is 11.1 Å². The third kappa shape index (κ3) is 2.30. The van der Waals surface area contributed by atoms with Gasteiger partial charge in [0.05, 0.1) is 5.56 Å². The highest BCUT2D eigenvalue weighted by Gasteiger charge is 2.05. The lowest BCUT2D eigenvalue weighted by atomic mass is 10.0. The normalized spacial score (nSPS) is 10.0. The molecule has 17 heavy (non-hydrogen) atoms. The molecule has 0 heterocycles. The maximum Gasteiger partial charge on any atom is 0.140 e. The van der Waals surface area contributed by atoms with Crippen molar-refractivity contribution in [3.63, 3.8) is 0 Å². The number of rotatable bonds is 1. The molecule has 0 bridgehead atoms. The Labute approximate surface area is 104 Å². The molecule has 3 heteroatoms. The summed E-state index contributed by atoms with van der Waals surface area (Å²) in [5.74, 6) is -0.498. The summed E-state index contributed by atoms with van der Waals surface area (Å²) < 4.78 is 13.2. The highest BCUT2D eigenvalue weighted by molar-refractivity contribution is 6.31. The van der Waals surface area contributed by atoms with Crippen LogP contribution in [0.3, 0.4) is 0 Å². The Bertz CT molecular complexity index is 614. The number of benzene rings is 2. The topological polar surface area (TPSA) is 23.8 Å². The highest BCUT2D eigenvalue weighted by Crippen LogP contribution is 2.26. The monoisotopic (exact) mass is 245 g/mol. The number of hydrogen-bond donors (Lipinski definition) is 0. The minimum absolute atomic E-state index is 0.0510. The maximum atomic E-state index is 13.2. The molecule has 0 aliphatic heterocycles. The van der Waals surface area contributed by atoms with Crippen molar-refractivity contribution in [3.05, 3.63) is 58.4 Å². The molecule has 0 amide bonds. The number of nitriles is 1. The van der Waals surface area contributed by atoms with Crippen LogP contribution in [0.5, 0.6) is 0 Å². The van der Waals surface area contributed by atoms with E-state index in [1.54, 1.807) is 12.1 Å². The lowest BCUT2D eigenvalue weighted by molar-refractivity contribution is 0.624. The fourth-order valence-corrected chi connectivity index (χ4v) is 1.73. The first-order valence-corrected chi connectivity index (χ1v) is 5.46. The predicted octanol–water partition coefficient (Wildman–Crippen LogP) is 4.33. The second kappa shape index (κ2) is 4.57. The summed E-state index contributed by atoms with van der Waals surface area (Å²) in [7, 11) is 0. The van der Waals surface area contributed by atoms with Gasteiger partial charge in [0.1, 0.15) is 11.9 Å². The summed E-state index contributed by atoms with van der Waals surface area (Å²) in [5, 5.41) is 9.47. The Hall–Kier alpha value is -1.85. The third-order valence-corrected chi connectivity index (χ3v) is 3.00. The molecule has 0 fully saturated rings. The van der Waals surface area contributed by atoms with Crippen molar-refractivity contribution in [1.82, 2.24) is 0 Å². The number of aryl methyl sites for hydroxylation is 1. The highest BCUT2D eigenvalue weighted by atomic mass is 35.5. The van der Waals surface area contributed by atoms with Gasteiger partial charge in [-0.2, -0.15) is 5.26 Å². The van der Waals surface area contributed by atoms with Crippen molar-refractivity contribution in [3.8, 4) is 17.2 Å². The molecule has 0 saturated carbocycles. The van der Waals surface area contributed by atoms with Gasteiger partial charge < -0.3 is 0 Å². The summed E-state index contributed by atoms with van der Waals surface area (Å²) >= 11 is 5.94. The molecule has 2 aromatic carbocycles. The van der Waals surface area contributed by atoms with Crippen LogP contribution in [0.15, 0.2) is 36.4 Å². The van der Waals surface area contributed by atoms with E-state index in [0.717, 1.165) is 16.7 Å². The lowest BCUT2D eigenvalue weighted by Gasteiger charge is -2.05. The Morgan fingerprint density at radius 3 is 2.41 bits per heavy atom. The van der Waals surface area contributed by atoms with Gasteiger partial charge >= 0.3 is 0 Å². The van der Waals surface area contributed by atoms with E-state index < -0.39 is 5.82 Å². The van der Waals surface area contributed by atoms with Crippen molar-refractivity contribution >= 4 is 11.6 Å². The smallest absolute Gasteiger partial charge is 0.140 e. The fraction of sp³-hybridized carbons (Fsp3) is 0.0714. The summed E-state index contributed by atoms with van der Waals surface area (Å²) in [4.78, 5) is 0. The van der Waals surface area contributed by atoms with Gasteiger partial charge in [0, 0.05) is 5.02 Å². The quantitative estimate of drug-likeness (QED) is 0.734. The molecule has 0 aliphatic carbocycles. The van der Waals surface area contributed by atoms with Crippen LogP contribution in [0.2, 0.25) is 5.02 Å². The largest absolute Gasteiger partial charge is 0.206 e. The zero-order valence-corrected chi connectivity index (χ0v) is 9.92. The van der Waals surface area contributed by atoms with Crippen molar-refractivity contribution in [2.75, 3.05) is 0 Å². The second-order valence-electron chi connectivity index (χ2n) is 3.77. The maximum absolute atomic E-state index is 13.2. The van der Waals surface area contributed by atoms with Crippen molar-refractivity contribution in [2.24, 2.45) is 0 Å². The Morgan fingerprint density at radius 1 is 1.12 bits per heavy atom. The van der Waals surface area contributed by atoms with E-state index >= 15 is 0 Å². The van der Waals surface area contributed by atoms with Crippen molar-refractivity contribution in [2.45, 2.75) is 6.92 Å². The van der Waals surface area contributed by atoms with Gasteiger partial charge in [0.25, 0.3) is 0 Å². The average Bonchev–Trinajstić information content (AvgIpc) is 2.33. The number of nitrogens with zero attached hydrogens (tertiary/aromatic N) is 1. The number of halogens is 2. The molecule has 1 nitrogen and oxygen atoms in total. The number of hydrogen-bond acceptors (Lipinski definition) is 1. The van der Waals surface area contributed by atoms with Crippen LogP contribution in [0.25, 0.3) is 11.1 Å². The first-order valence-electron chi connectivity index (χ1n) is 5.08. The van der Waals surface area contributed by atoms with Gasteiger partial charge in [0.15, 0.2) is 0 Å². The zero-order chi connectivity index (χ0) is 12.4. The molecule has 0 unspecified atom stereocenters. The first kappa shape index (κ1) is 11.6. The van der Waals surface area contributed by atoms with E-state index in [1.807, 2.05) is 25.1 Å². The molecule has 0 aliphatic rings. The van der Waals surface area contributed by atoms with Crippen LogP contribution < -0.4 is 0 Å². The summed E-state index contributed by atoms with van der Waals surface area (Å²) in [5.41, 5.74) is 2.73. The van der Waals surface area contributed by atoms with Crippen LogP contribution in [0, 0.1) is 24.1 Å². The minimum Gasteiger partial charge on any atom is -0.206 e. The van der Waals surface area contributed by atoms with Crippen LogP contribution in [0.4, 0.5) is 4.39 Å². The first-order chi connectivity index (χ1) is 8.11. The van der Waals surface area contributed by atoms with E-state index in [4.69, 9.17) is 16.9 Å². The molecule has 0 spiro atoms. The van der Waals surface area contributed by atoms with Gasteiger partial charge in [0.2, 0.25) is 0 Å². The molecule has 0 atom stereocenters. The van der Waals surface area contributed by atoms with Gasteiger partial charge in [-0.05, 0) is 47.9 Å². The molecule has 0 N–H and O–H groups in total. The summed E-state index contributed by atoms with van der Waals surface area (Å²) in [6.45, 7) is 1.90. The SMILES string of the molecule is Cc1cc(-c2ccc(F)c(C#N)c2)ccc1Cl. The predicted molar refractivity (Wildman–Crippen MR) is 66.3 cm³/mol. The van der Waals surface area contributed by atoms with Crippen LogP contribution in [-0.2, 0) is 0 Å². The molecular formula is C14H9ClFN. The minimum atomic E-state index is -0.498. The lowest BCUT2D eigenvalue weighted by Crippen LogP contribution is -1.86. The Kier molecular flexibility index (Phi) is 3.12. The fourth-order valence-electron chi connectivity index (χ4n) is 1.61. The van der Waals surface area contributed by atoms with Gasteiger partial charge in [-0.3, -0.25) is 0 Å². The summed E-state index contributed by atoms with van der Waals surface area (Å²) in [6, 6.07) is 11.9. The van der Waals surface area contributed by atoms with E-state index in [1.165, 1.54) is 12.1 Å². The molecule has 0 radical (unpaired) electrons. The van der Waals surface area contributed by atoms with Crippen LogP contribution >= 0.6 is 11.6 Å². The van der Waals surface area contributed by atoms with Gasteiger partial charge in [-0.25, -0.2) is 4.39 Å². The van der Waals surface area contributed by atoms with E-state index in [9.17, 15) is 4.39 Å². The van der Waals surface area contributed by atoms with E-state index in [2.05, 4.69) is 0 Å². The van der Waals surface area contributed by atoms with Gasteiger partial charge in [-0.1, -0.05) is 23.7 Å². The molecule has 84 valence electrons. The molecule has 0 saturated heterocycles. The third-order valence-electron chi connectivity index (χ3n) is 2.58. The molecular weight excluding hydrogens is 237 g/mol. The van der Waals surface area contributed by atoms with Crippen LogP contribution in [-0.4, -0.2) is 0 Å². The Balaban J connectivity index is 2.54. The molecule has 0 aromatic heterocycles. The Morgan fingerprint density at radius 2 is 1.76 bits per heavy atom. The summed E-state index contributed by atoms with van der Waals surface area (Å²) in [6.07, 6.45) is 0. The average molecular weight is 246 g/mol. The van der Waals surface area contributed by atoms with Crippen molar-refractivity contribution < 1.29 is 4.39 Å².